The summed E-state index contributed by atoms with van der Waals surface area (Å²) in [6.45, 7) is 8.09. The SMILES string of the molecule is CC[C@@H](C)NC(=O)[C@@H](C)N(Cc1cccc(Cl)c1)C(=O)Cc1ccc(C)cc1. The Kier molecular flexibility index (Phi) is 8.06. The third-order valence-electron chi connectivity index (χ3n) is 4.89. The molecule has 0 aromatic heterocycles. The van der Waals surface area contributed by atoms with Crippen molar-refractivity contribution in [3.05, 3.63) is 70.2 Å². The fraction of sp³-hybridized carbons (Fsp3) is 0.391. The van der Waals surface area contributed by atoms with Crippen molar-refractivity contribution in [2.75, 3.05) is 0 Å². The van der Waals surface area contributed by atoms with Crippen molar-refractivity contribution < 1.29 is 9.59 Å². The minimum Gasteiger partial charge on any atom is -0.352 e. The molecule has 4 nitrogen and oxygen atoms in total. The van der Waals surface area contributed by atoms with E-state index in [2.05, 4.69) is 5.32 Å². The van der Waals surface area contributed by atoms with Crippen LogP contribution in [0.1, 0.15) is 43.9 Å². The molecule has 2 atom stereocenters. The van der Waals surface area contributed by atoms with E-state index < -0.39 is 6.04 Å². The van der Waals surface area contributed by atoms with E-state index in [4.69, 9.17) is 11.6 Å². The number of halogens is 1. The normalized spacial score (nSPS) is 12.9. The van der Waals surface area contributed by atoms with Gasteiger partial charge in [0.25, 0.3) is 0 Å². The lowest BCUT2D eigenvalue weighted by molar-refractivity contribution is -0.140. The average molecular weight is 401 g/mol. The predicted octanol–water partition coefficient (Wildman–Crippen LogP) is 4.52. The molecule has 2 rings (SSSR count). The molecule has 2 aromatic rings. The zero-order valence-electron chi connectivity index (χ0n) is 17.0. The van der Waals surface area contributed by atoms with Gasteiger partial charge >= 0.3 is 0 Å². The number of rotatable bonds is 8. The summed E-state index contributed by atoms with van der Waals surface area (Å²) >= 11 is 6.10. The number of amides is 2. The van der Waals surface area contributed by atoms with Gasteiger partial charge in [0.1, 0.15) is 6.04 Å². The second-order valence-electron chi connectivity index (χ2n) is 7.31. The van der Waals surface area contributed by atoms with Crippen molar-refractivity contribution in [3.8, 4) is 0 Å². The van der Waals surface area contributed by atoms with Crippen LogP contribution >= 0.6 is 11.6 Å². The maximum Gasteiger partial charge on any atom is 0.242 e. The number of carbonyl (C=O) groups is 2. The van der Waals surface area contributed by atoms with E-state index in [1.54, 1.807) is 17.9 Å². The van der Waals surface area contributed by atoms with Crippen molar-refractivity contribution in [2.24, 2.45) is 0 Å². The van der Waals surface area contributed by atoms with E-state index in [0.717, 1.165) is 23.1 Å². The van der Waals surface area contributed by atoms with Crippen LogP contribution in [0.4, 0.5) is 0 Å². The summed E-state index contributed by atoms with van der Waals surface area (Å²) in [5, 5.41) is 3.59. The van der Waals surface area contributed by atoms with Crippen LogP contribution in [0.25, 0.3) is 0 Å². The molecule has 1 N–H and O–H groups in total. The highest BCUT2D eigenvalue weighted by atomic mass is 35.5. The Morgan fingerprint density at radius 3 is 2.36 bits per heavy atom. The maximum atomic E-state index is 13.1. The Bertz CT molecular complexity index is 805. The molecule has 0 saturated carbocycles. The van der Waals surface area contributed by atoms with Gasteiger partial charge in [0, 0.05) is 17.6 Å². The molecule has 150 valence electrons. The Balaban J connectivity index is 2.22. The minimum absolute atomic E-state index is 0.0650. The molecule has 2 aromatic carbocycles. The lowest BCUT2D eigenvalue weighted by Gasteiger charge is -2.30. The summed E-state index contributed by atoms with van der Waals surface area (Å²) in [6, 6.07) is 14.8. The van der Waals surface area contributed by atoms with Gasteiger partial charge in [-0.3, -0.25) is 9.59 Å². The molecule has 0 radical (unpaired) electrons. The monoisotopic (exact) mass is 400 g/mol. The fourth-order valence-electron chi connectivity index (χ4n) is 2.86. The van der Waals surface area contributed by atoms with Crippen molar-refractivity contribution in [1.82, 2.24) is 10.2 Å². The highest BCUT2D eigenvalue weighted by Crippen LogP contribution is 2.16. The van der Waals surface area contributed by atoms with Gasteiger partial charge in [-0.1, -0.05) is 60.5 Å². The summed E-state index contributed by atoms with van der Waals surface area (Å²) < 4.78 is 0. The molecule has 0 spiro atoms. The van der Waals surface area contributed by atoms with Crippen LogP contribution in [0.3, 0.4) is 0 Å². The fourth-order valence-corrected chi connectivity index (χ4v) is 3.08. The van der Waals surface area contributed by atoms with Crippen molar-refractivity contribution in [3.63, 3.8) is 0 Å². The third kappa shape index (κ3) is 6.38. The van der Waals surface area contributed by atoms with Crippen molar-refractivity contribution in [2.45, 2.75) is 59.2 Å². The molecular formula is C23H29ClN2O2. The summed E-state index contributed by atoms with van der Waals surface area (Å²) in [5.41, 5.74) is 2.97. The Labute approximate surface area is 172 Å². The molecule has 0 aliphatic carbocycles. The topological polar surface area (TPSA) is 49.4 Å². The van der Waals surface area contributed by atoms with Gasteiger partial charge in [-0.25, -0.2) is 0 Å². The first-order valence-electron chi connectivity index (χ1n) is 9.70. The standard InChI is InChI=1S/C23H29ClN2O2/c1-5-17(3)25-23(28)18(4)26(15-20-7-6-8-21(24)13-20)22(27)14-19-11-9-16(2)10-12-19/h6-13,17-18H,5,14-15H2,1-4H3,(H,25,28)/t17-,18-/m1/s1. The minimum atomic E-state index is -0.578. The zero-order valence-corrected chi connectivity index (χ0v) is 17.8. The summed E-state index contributed by atoms with van der Waals surface area (Å²) in [4.78, 5) is 27.4. The van der Waals surface area contributed by atoms with Crippen LogP contribution in [-0.4, -0.2) is 28.8 Å². The zero-order chi connectivity index (χ0) is 20.7. The van der Waals surface area contributed by atoms with Crippen LogP contribution in [0.2, 0.25) is 5.02 Å². The molecular weight excluding hydrogens is 372 g/mol. The van der Waals surface area contributed by atoms with Gasteiger partial charge in [0.05, 0.1) is 6.42 Å². The van der Waals surface area contributed by atoms with E-state index >= 15 is 0 Å². The highest BCUT2D eigenvalue weighted by molar-refractivity contribution is 6.30. The Morgan fingerprint density at radius 2 is 1.75 bits per heavy atom. The van der Waals surface area contributed by atoms with Crippen LogP contribution in [0.5, 0.6) is 0 Å². The smallest absolute Gasteiger partial charge is 0.242 e. The summed E-state index contributed by atoms with van der Waals surface area (Å²) in [5.74, 6) is -0.232. The van der Waals surface area contributed by atoms with Crippen LogP contribution < -0.4 is 5.32 Å². The quantitative estimate of drug-likeness (QED) is 0.708. The Morgan fingerprint density at radius 1 is 1.07 bits per heavy atom. The van der Waals surface area contributed by atoms with E-state index in [1.807, 2.05) is 63.2 Å². The largest absolute Gasteiger partial charge is 0.352 e. The second-order valence-corrected chi connectivity index (χ2v) is 7.74. The van der Waals surface area contributed by atoms with Gasteiger partial charge in [-0.05, 0) is 50.5 Å². The van der Waals surface area contributed by atoms with E-state index in [1.165, 1.54) is 0 Å². The maximum absolute atomic E-state index is 13.1. The van der Waals surface area contributed by atoms with Crippen LogP contribution in [0, 0.1) is 6.92 Å². The Hall–Kier alpha value is -2.33. The molecule has 0 fully saturated rings. The molecule has 5 heteroatoms. The van der Waals surface area contributed by atoms with Crippen LogP contribution in [-0.2, 0) is 22.6 Å². The lowest BCUT2D eigenvalue weighted by Crippen LogP contribution is -2.49. The number of nitrogens with one attached hydrogen (secondary N) is 1. The molecule has 28 heavy (non-hydrogen) atoms. The van der Waals surface area contributed by atoms with Crippen molar-refractivity contribution >= 4 is 23.4 Å². The van der Waals surface area contributed by atoms with Gasteiger partial charge in [0.15, 0.2) is 0 Å². The van der Waals surface area contributed by atoms with E-state index in [-0.39, 0.29) is 24.3 Å². The van der Waals surface area contributed by atoms with E-state index in [9.17, 15) is 9.59 Å². The first-order valence-corrected chi connectivity index (χ1v) is 10.1. The third-order valence-corrected chi connectivity index (χ3v) is 5.12. The summed E-state index contributed by atoms with van der Waals surface area (Å²) in [7, 11) is 0. The molecule has 2 amide bonds. The predicted molar refractivity (Wildman–Crippen MR) is 114 cm³/mol. The number of carbonyl (C=O) groups excluding carboxylic acids is 2. The molecule has 0 unspecified atom stereocenters. The number of hydrogen-bond donors (Lipinski definition) is 1. The van der Waals surface area contributed by atoms with Gasteiger partial charge in [0.2, 0.25) is 11.8 Å². The van der Waals surface area contributed by atoms with Gasteiger partial charge in [-0.15, -0.1) is 0 Å². The highest BCUT2D eigenvalue weighted by Gasteiger charge is 2.26. The average Bonchev–Trinajstić information content (AvgIpc) is 2.67. The van der Waals surface area contributed by atoms with Gasteiger partial charge in [-0.2, -0.15) is 0 Å². The lowest BCUT2D eigenvalue weighted by atomic mass is 10.1. The number of benzene rings is 2. The molecule has 0 aliphatic rings. The molecule has 0 heterocycles. The second kappa shape index (κ2) is 10.3. The van der Waals surface area contributed by atoms with Crippen LogP contribution in [0.15, 0.2) is 48.5 Å². The van der Waals surface area contributed by atoms with Crippen molar-refractivity contribution in [1.29, 1.82) is 0 Å². The number of aryl methyl sites for hydroxylation is 1. The van der Waals surface area contributed by atoms with Gasteiger partial charge < -0.3 is 10.2 Å². The summed E-state index contributed by atoms with van der Waals surface area (Å²) in [6.07, 6.45) is 1.09. The molecule has 0 bridgehead atoms. The number of nitrogens with zero attached hydrogens (tertiary/aromatic N) is 1. The molecule has 0 aliphatic heterocycles. The first kappa shape index (κ1) is 22.0. The van der Waals surface area contributed by atoms with E-state index in [0.29, 0.717) is 11.6 Å². The first-order chi connectivity index (χ1) is 13.3. The molecule has 0 saturated heterocycles. The number of hydrogen-bond acceptors (Lipinski definition) is 2.